The first-order chi connectivity index (χ1) is 9.65. The molecule has 0 aliphatic carbocycles. The zero-order chi connectivity index (χ0) is 14.5. The molecule has 2 unspecified atom stereocenters. The molecule has 1 aliphatic rings. The zero-order valence-electron chi connectivity index (χ0n) is 12.2. The van der Waals surface area contributed by atoms with E-state index in [1.54, 1.807) is 12.1 Å². The van der Waals surface area contributed by atoms with Crippen LogP contribution in [-0.4, -0.2) is 35.5 Å². The highest BCUT2D eigenvalue weighted by atomic mass is 16.6. The predicted octanol–water partition coefficient (Wildman–Crippen LogP) is 2.73. The van der Waals surface area contributed by atoms with Crippen LogP contribution < -0.4 is 5.32 Å². The first-order valence-corrected chi connectivity index (χ1v) is 7.35. The van der Waals surface area contributed by atoms with Crippen molar-refractivity contribution in [1.82, 2.24) is 10.2 Å². The third-order valence-electron chi connectivity index (χ3n) is 4.07. The average Bonchev–Trinajstić information content (AvgIpc) is 2.98. The van der Waals surface area contributed by atoms with Gasteiger partial charge >= 0.3 is 0 Å². The van der Waals surface area contributed by atoms with E-state index >= 15 is 0 Å². The summed E-state index contributed by atoms with van der Waals surface area (Å²) in [7, 11) is 0. The van der Waals surface area contributed by atoms with E-state index in [0.717, 1.165) is 38.0 Å². The number of benzene rings is 1. The van der Waals surface area contributed by atoms with E-state index in [2.05, 4.69) is 24.1 Å². The smallest absolute Gasteiger partial charge is 0.274 e. The molecule has 0 amide bonds. The van der Waals surface area contributed by atoms with E-state index in [-0.39, 0.29) is 16.7 Å². The minimum absolute atomic E-state index is 0.0708. The Morgan fingerprint density at radius 1 is 1.50 bits per heavy atom. The van der Waals surface area contributed by atoms with Crippen molar-refractivity contribution in [2.75, 3.05) is 19.6 Å². The van der Waals surface area contributed by atoms with Crippen molar-refractivity contribution >= 4 is 5.69 Å². The summed E-state index contributed by atoms with van der Waals surface area (Å²) in [5.74, 6) is 0. The lowest BCUT2D eigenvalue weighted by atomic mass is 10.0. The van der Waals surface area contributed by atoms with Crippen LogP contribution in [0.15, 0.2) is 24.3 Å². The summed E-state index contributed by atoms with van der Waals surface area (Å²) < 4.78 is 0. The quantitative estimate of drug-likeness (QED) is 0.641. The summed E-state index contributed by atoms with van der Waals surface area (Å²) in [6.45, 7) is 7.22. The van der Waals surface area contributed by atoms with E-state index in [1.165, 1.54) is 0 Å². The van der Waals surface area contributed by atoms with E-state index in [0.29, 0.717) is 6.04 Å². The SMILES string of the molecule is CCCN(C1CCNC1)C(C)c1ccccc1[N+](=O)[O-]. The molecule has 20 heavy (non-hydrogen) atoms. The second-order valence-corrected chi connectivity index (χ2v) is 5.38. The number of nitro groups is 1. The highest BCUT2D eigenvalue weighted by Crippen LogP contribution is 2.31. The van der Waals surface area contributed by atoms with Crippen LogP contribution in [0.3, 0.4) is 0 Å². The van der Waals surface area contributed by atoms with Crippen LogP contribution in [0, 0.1) is 10.1 Å². The molecule has 1 N–H and O–H groups in total. The average molecular weight is 277 g/mol. The van der Waals surface area contributed by atoms with Crippen molar-refractivity contribution in [3.8, 4) is 0 Å². The molecule has 1 aromatic rings. The maximum Gasteiger partial charge on any atom is 0.274 e. The Morgan fingerprint density at radius 3 is 2.85 bits per heavy atom. The van der Waals surface area contributed by atoms with Crippen molar-refractivity contribution < 1.29 is 4.92 Å². The molecule has 0 saturated carbocycles. The molecule has 1 saturated heterocycles. The number of hydrogen-bond acceptors (Lipinski definition) is 4. The molecule has 0 radical (unpaired) electrons. The third kappa shape index (κ3) is 3.16. The minimum atomic E-state index is -0.275. The van der Waals surface area contributed by atoms with Crippen LogP contribution in [-0.2, 0) is 0 Å². The molecule has 110 valence electrons. The summed E-state index contributed by atoms with van der Waals surface area (Å²) in [5, 5.41) is 14.6. The van der Waals surface area contributed by atoms with E-state index < -0.39 is 0 Å². The second-order valence-electron chi connectivity index (χ2n) is 5.38. The summed E-state index contributed by atoms with van der Waals surface area (Å²) >= 11 is 0. The zero-order valence-corrected chi connectivity index (χ0v) is 12.2. The van der Waals surface area contributed by atoms with Gasteiger partial charge in [0.15, 0.2) is 0 Å². The monoisotopic (exact) mass is 277 g/mol. The molecule has 1 heterocycles. The molecule has 5 nitrogen and oxygen atoms in total. The highest BCUT2D eigenvalue weighted by molar-refractivity contribution is 5.41. The number of hydrogen-bond donors (Lipinski definition) is 1. The Hall–Kier alpha value is -1.46. The van der Waals surface area contributed by atoms with Crippen molar-refractivity contribution in [2.24, 2.45) is 0 Å². The lowest BCUT2D eigenvalue weighted by Crippen LogP contribution is -2.39. The van der Waals surface area contributed by atoms with Gasteiger partial charge in [0.1, 0.15) is 0 Å². The van der Waals surface area contributed by atoms with Crippen molar-refractivity contribution in [2.45, 2.75) is 38.8 Å². The van der Waals surface area contributed by atoms with Crippen LogP contribution in [0.4, 0.5) is 5.69 Å². The fraction of sp³-hybridized carbons (Fsp3) is 0.600. The first-order valence-electron chi connectivity index (χ1n) is 7.35. The molecule has 1 aromatic carbocycles. The molecule has 0 aromatic heterocycles. The van der Waals surface area contributed by atoms with Gasteiger partial charge in [-0.05, 0) is 32.9 Å². The van der Waals surface area contributed by atoms with Gasteiger partial charge in [-0.3, -0.25) is 15.0 Å². The van der Waals surface area contributed by atoms with Gasteiger partial charge in [-0.2, -0.15) is 0 Å². The number of para-hydroxylation sites is 1. The molecular weight excluding hydrogens is 254 g/mol. The lowest BCUT2D eigenvalue weighted by molar-refractivity contribution is -0.386. The molecule has 2 atom stereocenters. The second kappa shape index (κ2) is 6.81. The third-order valence-corrected chi connectivity index (χ3v) is 4.07. The summed E-state index contributed by atoms with van der Waals surface area (Å²) in [4.78, 5) is 13.3. The molecule has 5 heteroatoms. The number of nitrogens with zero attached hydrogens (tertiary/aromatic N) is 2. The van der Waals surface area contributed by atoms with Crippen molar-refractivity contribution in [1.29, 1.82) is 0 Å². The Balaban J connectivity index is 2.26. The van der Waals surface area contributed by atoms with Crippen LogP contribution >= 0.6 is 0 Å². The standard InChI is InChI=1S/C15H23N3O2/c1-3-10-17(13-8-9-16-11-13)12(2)14-6-4-5-7-15(14)18(19)20/h4-7,12-13,16H,3,8-11H2,1-2H3. The van der Waals surface area contributed by atoms with Crippen molar-refractivity contribution in [3.05, 3.63) is 39.9 Å². The highest BCUT2D eigenvalue weighted by Gasteiger charge is 2.29. The fourth-order valence-corrected chi connectivity index (χ4v) is 3.06. The van der Waals surface area contributed by atoms with Gasteiger partial charge in [-0.15, -0.1) is 0 Å². The van der Waals surface area contributed by atoms with Crippen LogP contribution in [0.1, 0.15) is 38.3 Å². The Labute approximate surface area is 120 Å². The number of rotatable bonds is 6. The van der Waals surface area contributed by atoms with Crippen molar-refractivity contribution in [3.63, 3.8) is 0 Å². The van der Waals surface area contributed by atoms with E-state index in [9.17, 15) is 10.1 Å². The van der Waals surface area contributed by atoms with Gasteiger partial charge in [-0.25, -0.2) is 0 Å². The van der Waals surface area contributed by atoms with E-state index in [4.69, 9.17) is 0 Å². The fourth-order valence-electron chi connectivity index (χ4n) is 3.06. The first kappa shape index (κ1) is 14.9. The van der Waals surface area contributed by atoms with E-state index in [1.807, 2.05) is 12.1 Å². The topological polar surface area (TPSA) is 58.4 Å². The predicted molar refractivity (Wildman–Crippen MR) is 79.8 cm³/mol. The summed E-state index contributed by atoms with van der Waals surface area (Å²) in [5.41, 5.74) is 1.05. The Bertz CT molecular complexity index is 458. The summed E-state index contributed by atoms with van der Waals surface area (Å²) in [6, 6.07) is 7.65. The van der Waals surface area contributed by atoms with Crippen LogP contribution in [0.25, 0.3) is 0 Å². The maximum absolute atomic E-state index is 11.2. The van der Waals surface area contributed by atoms with Gasteiger partial charge < -0.3 is 5.32 Å². The molecule has 0 bridgehead atoms. The maximum atomic E-state index is 11.2. The molecular formula is C15H23N3O2. The van der Waals surface area contributed by atoms with Gasteiger partial charge in [0.2, 0.25) is 0 Å². The Kier molecular flexibility index (Phi) is 5.09. The molecule has 2 rings (SSSR count). The largest absolute Gasteiger partial charge is 0.315 e. The lowest BCUT2D eigenvalue weighted by Gasteiger charge is -2.34. The van der Waals surface area contributed by atoms with Gasteiger partial charge in [0, 0.05) is 30.3 Å². The van der Waals surface area contributed by atoms with Crippen LogP contribution in [0.2, 0.25) is 0 Å². The normalized spacial score (nSPS) is 20.2. The minimum Gasteiger partial charge on any atom is -0.315 e. The van der Waals surface area contributed by atoms with Crippen LogP contribution in [0.5, 0.6) is 0 Å². The molecule has 0 spiro atoms. The van der Waals surface area contributed by atoms with Gasteiger partial charge in [-0.1, -0.05) is 25.1 Å². The van der Waals surface area contributed by atoms with Gasteiger partial charge in [0.05, 0.1) is 4.92 Å². The molecule has 1 aliphatic heterocycles. The number of nitro benzene ring substituents is 1. The number of nitrogens with one attached hydrogen (secondary N) is 1. The summed E-state index contributed by atoms with van der Waals surface area (Å²) in [6.07, 6.45) is 2.17. The molecule has 1 fully saturated rings. The van der Waals surface area contributed by atoms with Gasteiger partial charge in [0.25, 0.3) is 5.69 Å². The Morgan fingerprint density at radius 2 is 2.25 bits per heavy atom.